The van der Waals surface area contributed by atoms with Gasteiger partial charge in [0, 0.05) is 18.9 Å². The summed E-state index contributed by atoms with van der Waals surface area (Å²) in [5.41, 5.74) is 2.47. The van der Waals surface area contributed by atoms with Gasteiger partial charge in [0.2, 0.25) is 5.91 Å². The minimum Gasteiger partial charge on any atom is -0.467 e. The predicted octanol–water partition coefficient (Wildman–Crippen LogP) is 3.40. The molecular weight excluding hydrogens is 290 g/mol. The lowest BCUT2D eigenvalue weighted by Crippen LogP contribution is -2.33. The van der Waals surface area contributed by atoms with Crippen LogP contribution in [0, 0.1) is 0 Å². The number of hydrogen-bond donors (Lipinski definition) is 2. The van der Waals surface area contributed by atoms with Crippen molar-refractivity contribution in [3.63, 3.8) is 0 Å². The molecule has 0 fully saturated rings. The van der Waals surface area contributed by atoms with Crippen molar-refractivity contribution in [1.82, 2.24) is 5.32 Å². The van der Waals surface area contributed by atoms with Gasteiger partial charge in [-0.05, 0) is 43.0 Å². The number of amides is 1. The monoisotopic (exact) mass is 315 g/mol. The summed E-state index contributed by atoms with van der Waals surface area (Å²) in [6.07, 6.45) is 3.48. The topological polar surface area (TPSA) is 62.5 Å². The van der Waals surface area contributed by atoms with Crippen LogP contribution in [-0.4, -0.2) is 17.1 Å². The fraction of sp³-hybridized carbons (Fsp3) is 0.421. The maximum atomic E-state index is 12.0. The van der Waals surface area contributed by atoms with Crippen LogP contribution in [0.4, 0.5) is 0 Å². The number of furan rings is 1. The molecule has 2 unspecified atom stereocenters. The predicted molar refractivity (Wildman–Crippen MR) is 90.0 cm³/mol. The van der Waals surface area contributed by atoms with E-state index in [1.807, 2.05) is 6.92 Å². The molecule has 1 aromatic carbocycles. The first-order valence-corrected chi connectivity index (χ1v) is 8.17. The number of aliphatic hydroxyl groups is 1. The van der Waals surface area contributed by atoms with Crippen molar-refractivity contribution in [1.29, 1.82) is 0 Å². The van der Waals surface area contributed by atoms with Crippen LogP contribution in [0.1, 0.15) is 49.7 Å². The average molecular weight is 315 g/mol. The fourth-order valence-corrected chi connectivity index (χ4v) is 2.54. The number of aryl methyl sites for hydroxylation is 2. The minimum absolute atomic E-state index is 0.00344. The zero-order valence-electron chi connectivity index (χ0n) is 13.8. The van der Waals surface area contributed by atoms with Crippen LogP contribution >= 0.6 is 0 Å². The lowest BCUT2D eigenvalue weighted by Gasteiger charge is -2.16. The Balaban J connectivity index is 1.73. The first kappa shape index (κ1) is 17.3. The molecule has 2 rings (SSSR count). The van der Waals surface area contributed by atoms with E-state index >= 15 is 0 Å². The van der Waals surface area contributed by atoms with Gasteiger partial charge in [-0.3, -0.25) is 4.79 Å². The molecule has 2 N–H and O–H groups in total. The van der Waals surface area contributed by atoms with Gasteiger partial charge in [-0.25, -0.2) is 0 Å². The second kappa shape index (κ2) is 8.53. The number of nitrogens with one attached hydrogen (secondary N) is 1. The summed E-state index contributed by atoms with van der Waals surface area (Å²) < 4.78 is 5.16. The molecular formula is C19H25NO3. The summed E-state index contributed by atoms with van der Waals surface area (Å²) in [5.74, 6) is 0.533. The van der Waals surface area contributed by atoms with Gasteiger partial charge in [0.25, 0.3) is 0 Å². The normalized spacial score (nSPS) is 13.5. The van der Waals surface area contributed by atoms with Gasteiger partial charge in [-0.15, -0.1) is 0 Å². The molecule has 0 saturated heterocycles. The molecule has 124 valence electrons. The Labute approximate surface area is 137 Å². The molecule has 1 aromatic heterocycles. The molecule has 1 amide bonds. The van der Waals surface area contributed by atoms with Gasteiger partial charge in [0.15, 0.2) is 0 Å². The summed E-state index contributed by atoms with van der Waals surface area (Å²) in [6.45, 7) is 4.01. The number of carbonyl (C=O) groups excluding carboxylic acids is 1. The third-order valence-electron chi connectivity index (χ3n) is 3.93. The Morgan fingerprint density at radius 3 is 2.52 bits per heavy atom. The van der Waals surface area contributed by atoms with E-state index in [0.29, 0.717) is 18.6 Å². The number of aliphatic hydroxyl groups excluding tert-OH is 1. The molecule has 0 spiro atoms. The summed E-state index contributed by atoms with van der Waals surface area (Å²) in [4.78, 5) is 12.0. The zero-order valence-corrected chi connectivity index (χ0v) is 13.8. The number of carbonyl (C=O) groups is 1. The summed E-state index contributed by atoms with van der Waals surface area (Å²) in [6, 6.07) is 11.7. The summed E-state index contributed by atoms with van der Waals surface area (Å²) >= 11 is 0. The van der Waals surface area contributed by atoms with E-state index in [1.54, 1.807) is 12.1 Å². The highest BCUT2D eigenvalue weighted by Crippen LogP contribution is 2.18. The largest absolute Gasteiger partial charge is 0.467 e. The third-order valence-corrected chi connectivity index (χ3v) is 3.93. The van der Waals surface area contributed by atoms with E-state index in [9.17, 15) is 9.90 Å². The molecule has 1 heterocycles. The smallest absolute Gasteiger partial charge is 0.220 e. The first-order valence-electron chi connectivity index (χ1n) is 8.17. The Bertz CT molecular complexity index is 590. The van der Waals surface area contributed by atoms with E-state index in [4.69, 9.17) is 4.42 Å². The lowest BCUT2D eigenvalue weighted by atomic mass is 10.1. The molecule has 0 aliphatic carbocycles. The molecule has 0 bridgehead atoms. The van der Waals surface area contributed by atoms with Crippen LogP contribution in [0.25, 0.3) is 0 Å². The Morgan fingerprint density at radius 2 is 1.91 bits per heavy atom. The van der Waals surface area contributed by atoms with Crippen molar-refractivity contribution in [2.45, 2.75) is 51.7 Å². The fourth-order valence-electron chi connectivity index (χ4n) is 2.54. The van der Waals surface area contributed by atoms with Crippen molar-refractivity contribution < 1.29 is 14.3 Å². The molecule has 0 saturated carbocycles. The van der Waals surface area contributed by atoms with Gasteiger partial charge in [0.05, 0.1) is 6.26 Å². The maximum Gasteiger partial charge on any atom is 0.220 e. The van der Waals surface area contributed by atoms with Crippen molar-refractivity contribution in [2.24, 2.45) is 0 Å². The van der Waals surface area contributed by atoms with Crippen LogP contribution in [-0.2, 0) is 17.6 Å². The van der Waals surface area contributed by atoms with E-state index in [-0.39, 0.29) is 11.9 Å². The van der Waals surface area contributed by atoms with Crippen molar-refractivity contribution >= 4 is 5.91 Å². The molecule has 2 atom stereocenters. The lowest BCUT2D eigenvalue weighted by molar-refractivity contribution is -0.121. The van der Waals surface area contributed by atoms with Gasteiger partial charge in [-0.1, -0.05) is 31.2 Å². The second-order valence-electron chi connectivity index (χ2n) is 5.91. The number of benzene rings is 1. The maximum absolute atomic E-state index is 12.0. The molecule has 4 nitrogen and oxygen atoms in total. The van der Waals surface area contributed by atoms with Gasteiger partial charge >= 0.3 is 0 Å². The Hall–Kier alpha value is -2.07. The molecule has 0 radical (unpaired) electrons. The molecule has 4 heteroatoms. The molecule has 2 aromatic rings. The molecule has 23 heavy (non-hydrogen) atoms. The quantitative estimate of drug-likeness (QED) is 0.785. The van der Waals surface area contributed by atoms with Gasteiger partial charge in [0.1, 0.15) is 11.9 Å². The highest BCUT2D eigenvalue weighted by Gasteiger charge is 2.16. The first-order chi connectivity index (χ1) is 11.1. The van der Waals surface area contributed by atoms with E-state index < -0.39 is 6.10 Å². The van der Waals surface area contributed by atoms with Crippen molar-refractivity contribution in [3.8, 4) is 0 Å². The highest BCUT2D eigenvalue weighted by molar-refractivity contribution is 5.76. The third kappa shape index (κ3) is 5.57. The standard InChI is InChI=1S/C19H25NO3/c1-3-15-6-8-16(9-7-15)10-11-19(22)20-14(2)13-17(21)18-5-4-12-23-18/h4-9,12,14,17,21H,3,10-11,13H2,1-2H3,(H,20,22). The average Bonchev–Trinajstić information content (AvgIpc) is 3.08. The Kier molecular flexibility index (Phi) is 6.41. The van der Waals surface area contributed by atoms with Crippen LogP contribution < -0.4 is 5.32 Å². The summed E-state index contributed by atoms with van der Waals surface area (Å²) in [5, 5.41) is 12.9. The highest BCUT2D eigenvalue weighted by atomic mass is 16.4. The minimum atomic E-state index is -0.693. The van der Waals surface area contributed by atoms with E-state index in [0.717, 1.165) is 12.8 Å². The van der Waals surface area contributed by atoms with Crippen LogP contribution in [0.3, 0.4) is 0 Å². The summed E-state index contributed by atoms with van der Waals surface area (Å²) in [7, 11) is 0. The SMILES string of the molecule is CCc1ccc(CCC(=O)NC(C)CC(O)c2ccco2)cc1. The van der Waals surface area contributed by atoms with E-state index in [1.165, 1.54) is 17.4 Å². The van der Waals surface area contributed by atoms with Crippen LogP contribution in [0.5, 0.6) is 0 Å². The van der Waals surface area contributed by atoms with Crippen LogP contribution in [0.15, 0.2) is 47.1 Å². The molecule has 0 aliphatic heterocycles. The number of hydrogen-bond acceptors (Lipinski definition) is 3. The van der Waals surface area contributed by atoms with Gasteiger partial charge < -0.3 is 14.8 Å². The molecule has 0 aliphatic rings. The van der Waals surface area contributed by atoms with Crippen molar-refractivity contribution in [2.75, 3.05) is 0 Å². The Morgan fingerprint density at radius 1 is 1.22 bits per heavy atom. The van der Waals surface area contributed by atoms with Gasteiger partial charge in [-0.2, -0.15) is 0 Å². The van der Waals surface area contributed by atoms with E-state index in [2.05, 4.69) is 36.5 Å². The number of rotatable bonds is 8. The van der Waals surface area contributed by atoms with Crippen molar-refractivity contribution in [3.05, 3.63) is 59.5 Å². The zero-order chi connectivity index (χ0) is 16.7. The second-order valence-corrected chi connectivity index (χ2v) is 5.91. The van der Waals surface area contributed by atoms with Crippen LogP contribution in [0.2, 0.25) is 0 Å².